The van der Waals surface area contributed by atoms with Gasteiger partial charge < -0.3 is 15.4 Å². The maximum absolute atomic E-state index is 5.05. The van der Waals surface area contributed by atoms with E-state index in [1.807, 2.05) is 13.0 Å². The van der Waals surface area contributed by atoms with Crippen molar-refractivity contribution in [1.29, 1.82) is 0 Å². The van der Waals surface area contributed by atoms with Crippen molar-refractivity contribution in [2.75, 3.05) is 37.4 Å². The number of nitrogens with zero attached hydrogens (tertiary/aromatic N) is 2. The first kappa shape index (κ1) is 16.7. The highest BCUT2D eigenvalue weighted by atomic mass is 16.5. The van der Waals surface area contributed by atoms with Crippen molar-refractivity contribution in [2.45, 2.75) is 45.4 Å². The second-order valence-electron chi connectivity index (χ2n) is 5.78. The molecule has 1 aliphatic rings. The SMILES string of the molecule is COCCCNc1cc(C)nc(NCCC2=CCCCC2)n1. The minimum absolute atomic E-state index is 0.714. The molecule has 0 aliphatic heterocycles. The van der Waals surface area contributed by atoms with Crippen LogP contribution in [-0.2, 0) is 4.74 Å². The molecule has 0 spiro atoms. The lowest BCUT2D eigenvalue weighted by molar-refractivity contribution is 0.198. The van der Waals surface area contributed by atoms with E-state index < -0.39 is 0 Å². The molecule has 1 aromatic rings. The van der Waals surface area contributed by atoms with E-state index in [0.29, 0.717) is 5.95 Å². The Kier molecular flexibility index (Phi) is 7.16. The smallest absolute Gasteiger partial charge is 0.224 e. The monoisotopic (exact) mass is 304 g/mol. The van der Waals surface area contributed by atoms with Crippen LogP contribution in [0.4, 0.5) is 11.8 Å². The average Bonchev–Trinajstić information content (AvgIpc) is 2.52. The van der Waals surface area contributed by atoms with Crippen LogP contribution in [0.5, 0.6) is 0 Å². The van der Waals surface area contributed by atoms with Gasteiger partial charge in [0.05, 0.1) is 0 Å². The third-order valence-corrected chi connectivity index (χ3v) is 3.80. The van der Waals surface area contributed by atoms with Gasteiger partial charge in [-0.25, -0.2) is 4.98 Å². The Bertz CT molecular complexity index is 488. The van der Waals surface area contributed by atoms with Crippen LogP contribution in [0, 0.1) is 6.92 Å². The van der Waals surface area contributed by atoms with Crippen molar-refractivity contribution < 1.29 is 4.74 Å². The standard InChI is InChI=1S/C17H28N4O/c1-14-13-16(18-10-6-12-22-2)21-17(20-14)19-11-9-15-7-4-3-5-8-15/h7,13H,3-6,8-12H2,1-2H3,(H2,18,19,20,21). The van der Waals surface area contributed by atoms with Crippen LogP contribution in [0.2, 0.25) is 0 Å². The normalized spacial score (nSPS) is 14.5. The molecule has 1 aliphatic carbocycles. The number of aromatic nitrogens is 2. The molecule has 0 amide bonds. The molecule has 22 heavy (non-hydrogen) atoms. The molecule has 2 N–H and O–H groups in total. The van der Waals surface area contributed by atoms with E-state index in [2.05, 4.69) is 26.7 Å². The molecule has 0 saturated heterocycles. The van der Waals surface area contributed by atoms with Gasteiger partial charge in [0.25, 0.3) is 0 Å². The summed E-state index contributed by atoms with van der Waals surface area (Å²) in [5.74, 6) is 1.59. The van der Waals surface area contributed by atoms with Crippen LogP contribution in [0.3, 0.4) is 0 Å². The summed E-state index contributed by atoms with van der Waals surface area (Å²) in [5, 5.41) is 6.67. The van der Waals surface area contributed by atoms with Crippen molar-refractivity contribution in [3.05, 3.63) is 23.4 Å². The summed E-state index contributed by atoms with van der Waals surface area (Å²) >= 11 is 0. The third-order valence-electron chi connectivity index (χ3n) is 3.80. The lowest BCUT2D eigenvalue weighted by Gasteiger charge is -2.13. The molecule has 5 heteroatoms. The van der Waals surface area contributed by atoms with Crippen LogP contribution in [0.1, 0.15) is 44.2 Å². The van der Waals surface area contributed by atoms with E-state index in [9.17, 15) is 0 Å². The van der Waals surface area contributed by atoms with Crippen molar-refractivity contribution >= 4 is 11.8 Å². The highest BCUT2D eigenvalue weighted by molar-refractivity contribution is 5.42. The number of aryl methyl sites for hydroxylation is 1. The quantitative estimate of drug-likeness (QED) is 0.540. The maximum atomic E-state index is 5.05. The van der Waals surface area contributed by atoms with E-state index in [4.69, 9.17) is 4.74 Å². The molecule has 0 bridgehead atoms. The summed E-state index contributed by atoms with van der Waals surface area (Å²) in [4.78, 5) is 8.97. The van der Waals surface area contributed by atoms with Crippen LogP contribution in [-0.4, -0.2) is 36.8 Å². The molecule has 0 saturated carbocycles. The molecular formula is C17H28N4O. The Balaban J connectivity index is 1.79. The molecule has 2 rings (SSSR count). The average molecular weight is 304 g/mol. The molecule has 0 aromatic carbocycles. The second-order valence-corrected chi connectivity index (χ2v) is 5.78. The van der Waals surface area contributed by atoms with Gasteiger partial charge in [-0.1, -0.05) is 11.6 Å². The molecular weight excluding hydrogens is 276 g/mol. The number of ether oxygens (including phenoxy) is 1. The Morgan fingerprint density at radius 3 is 2.86 bits per heavy atom. The molecule has 122 valence electrons. The zero-order valence-electron chi connectivity index (χ0n) is 13.8. The topological polar surface area (TPSA) is 59.1 Å². The highest BCUT2D eigenvalue weighted by Crippen LogP contribution is 2.20. The largest absolute Gasteiger partial charge is 0.385 e. The number of hydrogen-bond donors (Lipinski definition) is 2. The van der Waals surface area contributed by atoms with Gasteiger partial charge in [0.1, 0.15) is 5.82 Å². The van der Waals surface area contributed by atoms with Crippen molar-refractivity contribution in [3.8, 4) is 0 Å². The zero-order valence-corrected chi connectivity index (χ0v) is 13.8. The van der Waals surface area contributed by atoms with Crippen molar-refractivity contribution in [2.24, 2.45) is 0 Å². The molecule has 0 radical (unpaired) electrons. The van der Waals surface area contributed by atoms with Gasteiger partial charge in [0, 0.05) is 38.6 Å². The number of nitrogens with one attached hydrogen (secondary N) is 2. The summed E-state index contributed by atoms with van der Waals surface area (Å²) in [6, 6.07) is 1.97. The summed E-state index contributed by atoms with van der Waals surface area (Å²) in [5.41, 5.74) is 2.55. The third kappa shape index (κ3) is 6.02. The predicted octanol–water partition coefficient (Wildman–Crippen LogP) is 3.54. The van der Waals surface area contributed by atoms with Crippen molar-refractivity contribution in [3.63, 3.8) is 0 Å². The minimum atomic E-state index is 0.714. The first-order valence-electron chi connectivity index (χ1n) is 8.28. The second kappa shape index (κ2) is 9.41. The number of anilines is 2. The Morgan fingerprint density at radius 2 is 2.09 bits per heavy atom. The van der Waals surface area contributed by atoms with Gasteiger partial charge in [-0.05, 0) is 45.4 Å². The van der Waals surface area contributed by atoms with Gasteiger partial charge in [0.15, 0.2) is 0 Å². The maximum Gasteiger partial charge on any atom is 0.224 e. The Morgan fingerprint density at radius 1 is 1.18 bits per heavy atom. The van der Waals surface area contributed by atoms with E-state index in [-0.39, 0.29) is 0 Å². The molecule has 0 atom stereocenters. The van der Waals surface area contributed by atoms with Crippen LogP contribution < -0.4 is 10.6 Å². The number of rotatable bonds is 9. The predicted molar refractivity (Wildman–Crippen MR) is 91.4 cm³/mol. The summed E-state index contributed by atoms with van der Waals surface area (Å²) in [6.45, 7) is 4.52. The zero-order chi connectivity index (χ0) is 15.6. The molecule has 1 aromatic heterocycles. The number of methoxy groups -OCH3 is 1. The fourth-order valence-electron chi connectivity index (χ4n) is 2.64. The molecule has 1 heterocycles. The van der Waals surface area contributed by atoms with Gasteiger partial charge in [0.2, 0.25) is 5.95 Å². The van der Waals surface area contributed by atoms with E-state index in [1.165, 1.54) is 25.7 Å². The fourth-order valence-corrected chi connectivity index (χ4v) is 2.64. The molecule has 5 nitrogen and oxygen atoms in total. The summed E-state index contributed by atoms with van der Waals surface area (Å²) < 4.78 is 5.05. The first-order chi connectivity index (χ1) is 10.8. The number of allylic oxidation sites excluding steroid dienone is 1. The summed E-state index contributed by atoms with van der Waals surface area (Å²) in [6.07, 6.45) is 9.63. The van der Waals surface area contributed by atoms with Gasteiger partial charge in [-0.3, -0.25) is 0 Å². The van der Waals surface area contributed by atoms with Gasteiger partial charge in [-0.2, -0.15) is 4.98 Å². The van der Waals surface area contributed by atoms with Gasteiger partial charge >= 0.3 is 0 Å². The fraction of sp³-hybridized carbons (Fsp3) is 0.647. The van der Waals surface area contributed by atoms with Crippen LogP contribution in [0.15, 0.2) is 17.7 Å². The van der Waals surface area contributed by atoms with E-state index >= 15 is 0 Å². The van der Waals surface area contributed by atoms with E-state index in [0.717, 1.165) is 44.0 Å². The molecule has 0 unspecified atom stereocenters. The highest BCUT2D eigenvalue weighted by Gasteiger charge is 2.05. The van der Waals surface area contributed by atoms with Crippen LogP contribution >= 0.6 is 0 Å². The Hall–Kier alpha value is -1.62. The lowest BCUT2D eigenvalue weighted by atomic mass is 9.97. The Labute approximate surface area is 133 Å². The summed E-state index contributed by atoms with van der Waals surface area (Å²) in [7, 11) is 1.72. The van der Waals surface area contributed by atoms with E-state index in [1.54, 1.807) is 12.7 Å². The lowest BCUT2D eigenvalue weighted by Crippen LogP contribution is -2.11. The van der Waals surface area contributed by atoms with Crippen LogP contribution in [0.25, 0.3) is 0 Å². The first-order valence-corrected chi connectivity index (χ1v) is 8.28. The minimum Gasteiger partial charge on any atom is -0.385 e. The van der Waals surface area contributed by atoms with Gasteiger partial charge in [-0.15, -0.1) is 0 Å². The van der Waals surface area contributed by atoms with Crippen molar-refractivity contribution in [1.82, 2.24) is 9.97 Å². The molecule has 0 fully saturated rings. The number of hydrogen-bond acceptors (Lipinski definition) is 5.